The molecular formula is C21H20N2O5S2. The van der Waals surface area contributed by atoms with Gasteiger partial charge in [-0.2, -0.15) is 12.6 Å². The molecule has 2 amide bonds. The third-order valence-corrected chi connectivity index (χ3v) is 4.77. The van der Waals surface area contributed by atoms with Gasteiger partial charge < -0.3 is 10.4 Å². The Morgan fingerprint density at radius 2 is 1.50 bits per heavy atom. The Bertz CT molecular complexity index is 935. The van der Waals surface area contributed by atoms with Crippen LogP contribution in [0, 0.1) is 0 Å². The number of carboxylic acid groups (broad SMARTS) is 1. The number of nitrogens with one attached hydrogen (secondary N) is 1. The van der Waals surface area contributed by atoms with Gasteiger partial charge in [0, 0.05) is 16.9 Å². The van der Waals surface area contributed by atoms with Crippen LogP contribution >= 0.6 is 24.8 Å². The minimum absolute atomic E-state index is 0.113. The first-order valence-corrected chi connectivity index (χ1v) is 9.99. The molecule has 0 saturated heterocycles. The van der Waals surface area contributed by atoms with E-state index in [1.807, 2.05) is 0 Å². The van der Waals surface area contributed by atoms with E-state index in [9.17, 15) is 24.3 Å². The number of benzene rings is 2. The molecule has 0 aliphatic carbocycles. The number of aliphatic carboxylic acids is 1. The van der Waals surface area contributed by atoms with Crippen LogP contribution in [0.25, 0.3) is 0 Å². The van der Waals surface area contributed by atoms with Gasteiger partial charge in [0.1, 0.15) is 6.04 Å². The normalized spacial score (nSPS) is 11.2. The minimum Gasteiger partial charge on any atom is -0.480 e. The number of carbonyl (C=O) groups excluding carboxylic acids is 3. The van der Waals surface area contributed by atoms with E-state index in [-0.39, 0.29) is 28.5 Å². The van der Waals surface area contributed by atoms with Gasteiger partial charge in [0.15, 0.2) is 5.78 Å². The van der Waals surface area contributed by atoms with Crippen LogP contribution in [0.2, 0.25) is 0 Å². The lowest BCUT2D eigenvalue weighted by atomic mass is 10.1. The van der Waals surface area contributed by atoms with E-state index in [1.54, 1.807) is 48.5 Å². The third-order valence-electron chi connectivity index (χ3n) is 4.13. The molecule has 7 nitrogen and oxygen atoms in total. The van der Waals surface area contributed by atoms with Gasteiger partial charge in [-0.1, -0.05) is 60.7 Å². The van der Waals surface area contributed by atoms with Crippen molar-refractivity contribution in [3.63, 3.8) is 0 Å². The molecule has 0 heterocycles. The molecular weight excluding hydrogens is 424 g/mol. The predicted octanol–water partition coefficient (Wildman–Crippen LogP) is 2.23. The number of rotatable bonds is 9. The van der Waals surface area contributed by atoms with Crippen LogP contribution in [-0.2, 0) is 9.59 Å². The molecule has 2 aromatic rings. The highest BCUT2D eigenvalue weighted by Gasteiger charge is 2.34. The van der Waals surface area contributed by atoms with Crippen molar-refractivity contribution in [3.05, 3.63) is 71.8 Å². The molecule has 0 aliphatic rings. The first-order chi connectivity index (χ1) is 14.3. The number of amides is 2. The van der Waals surface area contributed by atoms with Crippen molar-refractivity contribution in [3.8, 4) is 0 Å². The average Bonchev–Trinajstić information content (AvgIpc) is 2.76. The molecule has 30 heavy (non-hydrogen) atoms. The second kappa shape index (κ2) is 11.2. The van der Waals surface area contributed by atoms with E-state index in [0.717, 1.165) is 0 Å². The number of carbonyl (C=O) groups is 4. The van der Waals surface area contributed by atoms with Gasteiger partial charge in [-0.3, -0.25) is 19.3 Å². The molecule has 9 heteroatoms. The zero-order valence-corrected chi connectivity index (χ0v) is 17.6. The monoisotopic (exact) mass is 444 g/mol. The Morgan fingerprint density at radius 1 is 0.967 bits per heavy atom. The maximum atomic E-state index is 12.8. The van der Waals surface area contributed by atoms with Gasteiger partial charge in [0.25, 0.3) is 5.91 Å². The van der Waals surface area contributed by atoms with Crippen LogP contribution in [0.4, 0.5) is 0 Å². The smallest absolute Gasteiger partial charge is 0.327 e. The number of nitrogens with zero attached hydrogens (tertiary/aromatic N) is 1. The molecule has 0 saturated carbocycles. The number of carboxylic acids is 1. The lowest BCUT2D eigenvalue weighted by Gasteiger charge is -2.26. The summed E-state index contributed by atoms with van der Waals surface area (Å²) in [6, 6.07) is 15.0. The second-order valence-corrected chi connectivity index (χ2v) is 7.07. The van der Waals surface area contributed by atoms with E-state index in [1.165, 1.54) is 12.1 Å². The predicted molar refractivity (Wildman–Crippen MR) is 119 cm³/mol. The Balaban J connectivity index is 2.08. The standard InChI is InChI=1S/C21H20N2O5S2/c24-17(14-7-3-1-4-8-14)11-18(30)22-12-19(25)23(16(13-29)21(27)28)20(26)15-9-5-2-6-10-15/h1-10,16,29H,11-13H2,(H,22,30)(H,27,28). The van der Waals surface area contributed by atoms with Crippen molar-refractivity contribution in [2.45, 2.75) is 12.5 Å². The largest absolute Gasteiger partial charge is 0.480 e. The van der Waals surface area contributed by atoms with E-state index < -0.39 is 30.4 Å². The summed E-state index contributed by atoms with van der Waals surface area (Å²) < 4.78 is 0. The Hall–Kier alpha value is -3.04. The summed E-state index contributed by atoms with van der Waals surface area (Å²) in [5.74, 6) is -3.38. The van der Waals surface area contributed by atoms with Gasteiger partial charge in [-0.05, 0) is 12.1 Å². The average molecular weight is 445 g/mol. The molecule has 1 atom stereocenters. The highest BCUT2D eigenvalue weighted by atomic mass is 32.1. The minimum atomic E-state index is -1.45. The Morgan fingerprint density at radius 3 is 2.00 bits per heavy atom. The third kappa shape index (κ3) is 6.23. The van der Waals surface area contributed by atoms with Gasteiger partial charge >= 0.3 is 5.97 Å². The molecule has 156 valence electrons. The number of hydrogen-bond donors (Lipinski definition) is 3. The fourth-order valence-corrected chi connectivity index (χ4v) is 3.14. The van der Waals surface area contributed by atoms with Crippen LogP contribution in [0.5, 0.6) is 0 Å². The molecule has 2 N–H and O–H groups in total. The van der Waals surface area contributed by atoms with Gasteiger partial charge in [-0.25, -0.2) is 4.79 Å². The number of Topliss-reactive ketones (excluding diaryl/α,β-unsaturated/α-hetero) is 1. The SMILES string of the molecule is O=C(CC(=S)NCC(=O)N(C(=O)c1ccccc1)C(CS)C(=O)O)c1ccccc1. The van der Waals surface area contributed by atoms with Gasteiger partial charge in [0.2, 0.25) is 5.91 Å². The lowest BCUT2D eigenvalue weighted by molar-refractivity contribution is -0.146. The molecule has 1 unspecified atom stereocenters. The van der Waals surface area contributed by atoms with Crippen molar-refractivity contribution in [1.82, 2.24) is 10.2 Å². The second-order valence-electron chi connectivity index (χ2n) is 6.21. The van der Waals surface area contributed by atoms with E-state index in [4.69, 9.17) is 12.2 Å². The summed E-state index contributed by atoms with van der Waals surface area (Å²) in [4.78, 5) is 50.1. The van der Waals surface area contributed by atoms with E-state index in [2.05, 4.69) is 17.9 Å². The van der Waals surface area contributed by atoms with Crippen molar-refractivity contribution >= 4 is 53.4 Å². The summed E-state index contributed by atoms with van der Waals surface area (Å²) in [5.41, 5.74) is 0.649. The van der Waals surface area contributed by atoms with E-state index >= 15 is 0 Å². The molecule has 0 fully saturated rings. The maximum Gasteiger partial charge on any atom is 0.327 e. The summed E-state index contributed by atoms with van der Waals surface area (Å²) in [7, 11) is 0. The van der Waals surface area contributed by atoms with Crippen LogP contribution in [0.3, 0.4) is 0 Å². The van der Waals surface area contributed by atoms with Crippen LogP contribution in [0.15, 0.2) is 60.7 Å². The molecule has 2 aromatic carbocycles. The maximum absolute atomic E-state index is 12.8. The molecule has 0 aliphatic heterocycles. The zero-order valence-electron chi connectivity index (χ0n) is 15.9. The summed E-state index contributed by atoms with van der Waals surface area (Å²) in [5, 5.41) is 12.1. The fraction of sp³-hybridized carbons (Fsp3) is 0.190. The van der Waals surface area contributed by atoms with Gasteiger partial charge in [-0.15, -0.1) is 0 Å². The number of thiocarbonyl (C=S) groups is 1. The number of hydrogen-bond acceptors (Lipinski definition) is 6. The van der Waals surface area contributed by atoms with Crippen LogP contribution < -0.4 is 5.32 Å². The number of thiol groups is 1. The van der Waals surface area contributed by atoms with Crippen molar-refractivity contribution in [1.29, 1.82) is 0 Å². The molecule has 2 rings (SSSR count). The molecule has 0 radical (unpaired) electrons. The van der Waals surface area contributed by atoms with Crippen molar-refractivity contribution in [2.24, 2.45) is 0 Å². The highest BCUT2D eigenvalue weighted by Crippen LogP contribution is 2.11. The molecule has 0 bridgehead atoms. The zero-order chi connectivity index (χ0) is 22.1. The van der Waals surface area contributed by atoms with Crippen molar-refractivity contribution < 1.29 is 24.3 Å². The number of ketones is 1. The summed E-state index contributed by atoms with van der Waals surface area (Å²) in [6.07, 6.45) is -0.117. The lowest BCUT2D eigenvalue weighted by Crippen LogP contribution is -2.52. The number of imide groups is 1. The summed E-state index contributed by atoms with van der Waals surface area (Å²) >= 11 is 9.09. The first-order valence-electron chi connectivity index (χ1n) is 8.95. The van der Waals surface area contributed by atoms with E-state index in [0.29, 0.717) is 10.5 Å². The molecule has 0 aromatic heterocycles. The topological polar surface area (TPSA) is 104 Å². The Labute approximate surface area is 184 Å². The van der Waals surface area contributed by atoms with Crippen LogP contribution in [-0.4, -0.2) is 56.9 Å². The Kier molecular flexibility index (Phi) is 8.70. The summed E-state index contributed by atoms with van der Waals surface area (Å²) in [6.45, 7) is -0.433. The quantitative estimate of drug-likeness (QED) is 0.310. The fourth-order valence-electron chi connectivity index (χ4n) is 2.61. The molecule has 0 spiro atoms. The highest BCUT2D eigenvalue weighted by molar-refractivity contribution is 7.80. The van der Waals surface area contributed by atoms with Crippen LogP contribution in [0.1, 0.15) is 27.1 Å². The van der Waals surface area contributed by atoms with Gasteiger partial charge in [0.05, 0.1) is 18.0 Å². The van der Waals surface area contributed by atoms with Crippen molar-refractivity contribution in [2.75, 3.05) is 12.3 Å². The first kappa shape index (κ1) is 23.2.